The van der Waals surface area contributed by atoms with E-state index in [1.54, 1.807) is 6.33 Å². The zero-order valence-electron chi connectivity index (χ0n) is 6.23. The Bertz CT molecular complexity index is 393. The molecule has 0 radical (unpaired) electrons. The van der Waals surface area contributed by atoms with Gasteiger partial charge < -0.3 is 9.88 Å². The van der Waals surface area contributed by atoms with Crippen molar-refractivity contribution in [1.82, 2.24) is 25.0 Å². The molecule has 0 aliphatic carbocycles. The first-order chi connectivity index (χ1) is 5.95. The molecule has 0 saturated carbocycles. The fourth-order valence-corrected chi connectivity index (χ4v) is 1.41. The first-order valence-corrected chi connectivity index (χ1v) is 3.73. The summed E-state index contributed by atoms with van der Waals surface area (Å²) in [6, 6.07) is 0. The van der Waals surface area contributed by atoms with Crippen LogP contribution in [0.5, 0.6) is 0 Å². The Hall–Kier alpha value is -1.72. The summed E-state index contributed by atoms with van der Waals surface area (Å²) in [5.74, 6) is 1.58. The lowest BCUT2D eigenvalue weighted by molar-refractivity contribution is 0.779. The molecule has 0 spiro atoms. The number of nitrogens with one attached hydrogen (secondary N) is 1. The first kappa shape index (κ1) is 5.87. The second-order valence-corrected chi connectivity index (χ2v) is 2.68. The van der Waals surface area contributed by atoms with Crippen LogP contribution in [0.15, 0.2) is 6.33 Å². The van der Waals surface area contributed by atoms with Crippen molar-refractivity contribution in [1.29, 1.82) is 0 Å². The Kier molecular flexibility index (Phi) is 0.931. The number of anilines is 1. The predicted octanol–water partition coefficient (Wildman–Crippen LogP) is -0.402. The molecule has 6 heteroatoms. The van der Waals surface area contributed by atoms with Crippen LogP contribution in [0, 0.1) is 0 Å². The molecule has 0 aromatic heterocycles. The summed E-state index contributed by atoms with van der Waals surface area (Å²) in [7, 11) is 0. The molecule has 1 N–H and O–H groups in total. The number of nitrogens with zero attached hydrogens (tertiary/aromatic N) is 5. The van der Waals surface area contributed by atoms with E-state index < -0.39 is 0 Å². The Morgan fingerprint density at radius 3 is 3.42 bits per heavy atom. The van der Waals surface area contributed by atoms with E-state index in [0.29, 0.717) is 5.82 Å². The van der Waals surface area contributed by atoms with E-state index in [0.717, 1.165) is 24.6 Å². The van der Waals surface area contributed by atoms with E-state index in [-0.39, 0.29) is 0 Å². The van der Waals surface area contributed by atoms with E-state index >= 15 is 0 Å². The molecule has 0 fully saturated rings. The summed E-state index contributed by atoms with van der Waals surface area (Å²) in [5, 5.41) is 14.4. The number of hydrogen-bond donors (Lipinski definition) is 1. The maximum absolute atomic E-state index is 4.10. The third kappa shape index (κ3) is 0.590. The highest BCUT2D eigenvalue weighted by Crippen LogP contribution is 2.25. The third-order valence-electron chi connectivity index (χ3n) is 1.97. The molecule has 60 valence electrons. The highest BCUT2D eigenvalue weighted by atomic mass is 15.4. The van der Waals surface area contributed by atoms with Crippen LogP contribution in [-0.4, -0.2) is 31.5 Å². The largest absolute Gasteiger partial charge is 0.368 e. The monoisotopic (exact) mass is 162 g/mol. The number of fused-ring (bicyclic) bond motifs is 3. The van der Waals surface area contributed by atoms with Crippen LogP contribution in [0.4, 0.5) is 5.82 Å². The lowest BCUT2D eigenvalue weighted by Gasteiger charge is -2.03. The van der Waals surface area contributed by atoms with Crippen molar-refractivity contribution in [3.05, 3.63) is 6.33 Å². The quantitative estimate of drug-likeness (QED) is 0.570. The smallest absolute Gasteiger partial charge is 0.209 e. The van der Waals surface area contributed by atoms with E-state index in [2.05, 4.69) is 25.7 Å². The van der Waals surface area contributed by atoms with Gasteiger partial charge in [0.2, 0.25) is 5.82 Å². The van der Waals surface area contributed by atoms with Gasteiger partial charge in [0.25, 0.3) is 0 Å². The van der Waals surface area contributed by atoms with Crippen LogP contribution in [0.2, 0.25) is 0 Å². The number of rotatable bonds is 0. The SMILES string of the molecule is c1nc2nnnc-2c2n1CCN2. The van der Waals surface area contributed by atoms with Gasteiger partial charge in [-0.15, -0.1) is 10.2 Å². The summed E-state index contributed by atoms with van der Waals surface area (Å²) < 4.78 is 2.01. The van der Waals surface area contributed by atoms with Crippen LogP contribution in [0.1, 0.15) is 0 Å². The lowest BCUT2D eigenvalue weighted by Crippen LogP contribution is -1.98. The van der Waals surface area contributed by atoms with Gasteiger partial charge in [0.1, 0.15) is 5.82 Å². The standard InChI is InChI=1S/C6H6N6/c1-2-12-3-8-5-4(6(12)7-1)9-11-10-5/h3,7H,1-2H2. The molecule has 0 aromatic carbocycles. The van der Waals surface area contributed by atoms with Crippen molar-refractivity contribution in [3.8, 4) is 11.5 Å². The molecule has 12 heavy (non-hydrogen) atoms. The third-order valence-corrected chi connectivity index (χ3v) is 1.97. The minimum Gasteiger partial charge on any atom is -0.368 e. The van der Waals surface area contributed by atoms with Gasteiger partial charge in [0, 0.05) is 13.1 Å². The molecule has 0 bridgehead atoms. The molecule has 3 aliphatic rings. The second kappa shape index (κ2) is 1.90. The number of aromatic nitrogens is 5. The molecule has 6 nitrogen and oxygen atoms in total. The zero-order chi connectivity index (χ0) is 7.97. The van der Waals surface area contributed by atoms with E-state index in [1.807, 2.05) is 4.57 Å². The van der Waals surface area contributed by atoms with Crippen molar-refractivity contribution < 1.29 is 0 Å². The van der Waals surface area contributed by atoms with Crippen LogP contribution < -0.4 is 5.32 Å². The van der Waals surface area contributed by atoms with E-state index in [1.165, 1.54) is 0 Å². The molecule has 0 saturated heterocycles. The number of hydrogen-bond acceptors (Lipinski definition) is 5. The topological polar surface area (TPSA) is 68.5 Å². The summed E-state index contributed by atoms with van der Waals surface area (Å²) in [5.41, 5.74) is 0.759. The average molecular weight is 162 g/mol. The maximum Gasteiger partial charge on any atom is 0.209 e. The Morgan fingerprint density at radius 1 is 1.42 bits per heavy atom. The lowest BCUT2D eigenvalue weighted by atomic mass is 10.4. The Labute approximate surface area is 68.0 Å². The van der Waals surface area contributed by atoms with Gasteiger partial charge in [-0.05, 0) is 5.21 Å². The second-order valence-electron chi connectivity index (χ2n) is 2.68. The van der Waals surface area contributed by atoms with Crippen molar-refractivity contribution in [2.75, 3.05) is 11.9 Å². The molecule has 3 aliphatic heterocycles. The Balaban J connectivity index is 2.37. The summed E-state index contributed by atoms with van der Waals surface area (Å²) in [4.78, 5) is 4.10. The maximum atomic E-state index is 4.10. The predicted molar refractivity (Wildman–Crippen MR) is 40.7 cm³/mol. The fourth-order valence-electron chi connectivity index (χ4n) is 1.41. The van der Waals surface area contributed by atoms with Crippen molar-refractivity contribution >= 4 is 5.82 Å². The van der Waals surface area contributed by atoms with Crippen LogP contribution in [0.3, 0.4) is 0 Å². The van der Waals surface area contributed by atoms with E-state index in [9.17, 15) is 0 Å². The molecular formula is C6H6N6. The van der Waals surface area contributed by atoms with E-state index in [4.69, 9.17) is 0 Å². The van der Waals surface area contributed by atoms with Gasteiger partial charge in [-0.25, -0.2) is 4.98 Å². The normalized spacial score (nSPS) is 14.7. The van der Waals surface area contributed by atoms with Crippen molar-refractivity contribution in [2.45, 2.75) is 6.54 Å². The van der Waals surface area contributed by atoms with Crippen LogP contribution in [-0.2, 0) is 6.54 Å². The van der Waals surface area contributed by atoms with Crippen LogP contribution >= 0.6 is 0 Å². The summed E-state index contributed by atoms with van der Waals surface area (Å²) in [6.45, 7) is 1.86. The fraction of sp³-hybridized carbons (Fsp3) is 0.333. The van der Waals surface area contributed by atoms with Gasteiger partial charge >= 0.3 is 0 Å². The molecule has 3 rings (SSSR count). The highest BCUT2D eigenvalue weighted by molar-refractivity contribution is 5.67. The van der Waals surface area contributed by atoms with Gasteiger partial charge in [-0.1, -0.05) is 0 Å². The molecule has 0 unspecified atom stereocenters. The summed E-state index contributed by atoms with van der Waals surface area (Å²) >= 11 is 0. The van der Waals surface area contributed by atoms with Gasteiger partial charge in [-0.2, -0.15) is 0 Å². The molecule has 0 atom stereocenters. The minimum absolute atomic E-state index is 0.607. The summed E-state index contributed by atoms with van der Waals surface area (Å²) in [6.07, 6.45) is 1.76. The first-order valence-electron chi connectivity index (χ1n) is 3.73. The Morgan fingerprint density at radius 2 is 2.42 bits per heavy atom. The van der Waals surface area contributed by atoms with Crippen LogP contribution in [0.25, 0.3) is 11.5 Å². The van der Waals surface area contributed by atoms with Gasteiger partial charge in [0.05, 0.1) is 6.33 Å². The van der Waals surface area contributed by atoms with Crippen molar-refractivity contribution in [2.24, 2.45) is 0 Å². The van der Waals surface area contributed by atoms with Crippen molar-refractivity contribution in [3.63, 3.8) is 0 Å². The minimum atomic E-state index is 0.607. The van der Waals surface area contributed by atoms with Gasteiger partial charge in [-0.3, -0.25) is 0 Å². The molecule has 0 amide bonds. The molecular weight excluding hydrogens is 156 g/mol. The molecule has 0 aromatic rings. The average Bonchev–Trinajstić information content (AvgIpc) is 2.71. The van der Waals surface area contributed by atoms with Gasteiger partial charge in [0.15, 0.2) is 5.69 Å². The highest BCUT2D eigenvalue weighted by Gasteiger charge is 2.20. The zero-order valence-corrected chi connectivity index (χ0v) is 6.23. The molecule has 3 heterocycles.